The van der Waals surface area contributed by atoms with Gasteiger partial charge in [0.1, 0.15) is 9.45 Å². The summed E-state index contributed by atoms with van der Waals surface area (Å²) in [6.07, 6.45) is -2.96. The van der Waals surface area contributed by atoms with Crippen LogP contribution in [0.4, 0.5) is 8.78 Å². The standard InChI is InChI=1S/C9H8F2INO3/c1-16-7(15)3-5-6(14)2-4(8(10)11)9(12)13-5/h2,8,14H,3H2,1H3. The lowest BCUT2D eigenvalue weighted by Gasteiger charge is -2.07. The van der Waals surface area contributed by atoms with E-state index in [2.05, 4.69) is 9.72 Å². The maximum absolute atomic E-state index is 12.4. The van der Waals surface area contributed by atoms with Crippen molar-refractivity contribution in [2.75, 3.05) is 7.11 Å². The van der Waals surface area contributed by atoms with Crippen LogP contribution in [0.1, 0.15) is 17.7 Å². The molecule has 7 heteroatoms. The average molecular weight is 343 g/mol. The molecule has 0 aromatic carbocycles. The average Bonchev–Trinajstić information content (AvgIpc) is 2.22. The molecular weight excluding hydrogens is 335 g/mol. The molecule has 4 nitrogen and oxygen atoms in total. The highest BCUT2D eigenvalue weighted by Gasteiger charge is 2.18. The van der Waals surface area contributed by atoms with E-state index in [1.807, 2.05) is 0 Å². The van der Waals surface area contributed by atoms with Crippen molar-refractivity contribution in [1.29, 1.82) is 0 Å². The molecule has 0 amide bonds. The Hall–Kier alpha value is -0.990. The number of pyridine rings is 1. The van der Waals surface area contributed by atoms with Crippen LogP contribution in [0.2, 0.25) is 0 Å². The van der Waals surface area contributed by atoms with E-state index in [0.717, 1.165) is 6.07 Å². The van der Waals surface area contributed by atoms with Gasteiger partial charge >= 0.3 is 5.97 Å². The summed E-state index contributed by atoms with van der Waals surface area (Å²) in [4.78, 5) is 14.7. The van der Waals surface area contributed by atoms with E-state index in [1.165, 1.54) is 7.11 Å². The molecule has 0 bridgehead atoms. The molecule has 1 aromatic rings. The molecular formula is C9H8F2INO3. The number of carbonyl (C=O) groups is 1. The molecule has 1 rings (SSSR count). The highest BCUT2D eigenvalue weighted by atomic mass is 127. The predicted molar refractivity (Wildman–Crippen MR) is 59.3 cm³/mol. The number of aromatic nitrogens is 1. The van der Waals surface area contributed by atoms with Crippen LogP contribution in [-0.4, -0.2) is 23.2 Å². The first-order chi connectivity index (χ1) is 7.45. The Morgan fingerprint density at radius 3 is 2.81 bits per heavy atom. The van der Waals surface area contributed by atoms with Crippen molar-refractivity contribution < 1.29 is 23.4 Å². The van der Waals surface area contributed by atoms with Crippen molar-refractivity contribution in [3.8, 4) is 5.75 Å². The van der Waals surface area contributed by atoms with Crippen LogP contribution in [0, 0.1) is 3.70 Å². The van der Waals surface area contributed by atoms with Crippen LogP contribution in [0.5, 0.6) is 5.75 Å². The van der Waals surface area contributed by atoms with Gasteiger partial charge < -0.3 is 9.84 Å². The molecule has 0 spiro atoms. The van der Waals surface area contributed by atoms with Gasteiger partial charge in [-0.3, -0.25) is 4.79 Å². The van der Waals surface area contributed by atoms with Gasteiger partial charge in [-0.1, -0.05) is 0 Å². The van der Waals surface area contributed by atoms with E-state index in [1.54, 1.807) is 22.6 Å². The third-order valence-corrected chi connectivity index (χ3v) is 2.70. The number of rotatable bonds is 3. The van der Waals surface area contributed by atoms with E-state index < -0.39 is 18.1 Å². The van der Waals surface area contributed by atoms with E-state index in [0.29, 0.717) is 0 Å². The summed E-state index contributed by atoms with van der Waals surface area (Å²) in [5.74, 6) is -1.02. The van der Waals surface area contributed by atoms with Crippen molar-refractivity contribution >= 4 is 28.6 Å². The van der Waals surface area contributed by atoms with Crippen molar-refractivity contribution in [3.05, 3.63) is 21.0 Å². The molecule has 1 heterocycles. The fourth-order valence-electron chi connectivity index (χ4n) is 1.02. The molecule has 88 valence electrons. The molecule has 0 unspecified atom stereocenters. The van der Waals surface area contributed by atoms with Gasteiger partial charge in [-0.25, -0.2) is 13.8 Å². The fraction of sp³-hybridized carbons (Fsp3) is 0.333. The second-order valence-corrected chi connectivity index (χ2v) is 3.91. The molecule has 0 aliphatic heterocycles. The van der Waals surface area contributed by atoms with Gasteiger partial charge in [0.15, 0.2) is 0 Å². The maximum Gasteiger partial charge on any atom is 0.311 e. The van der Waals surface area contributed by atoms with Gasteiger partial charge in [-0.2, -0.15) is 0 Å². The SMILES string of the molecule is COC(=O)Cc1nc(I)c(C(F)F)cc1O. The number of aromatic hydroxyl groups is 1. The Kier molecular flexibility index (Phi) is 4.39. The summed E-state index contributed by atoms with van der Waals surface area (Å²) in [5, 5.41) is 9.40. The van der Waals surface area contributed by atoms with Gasteiger partial charge in [0, 0.05) is 0 Å². The Labute approximate surface area is 104 Å². The normalized spacial score (nSPS) is 10.6. The minimum atomic E-state index is -2.71. The summed E-state index contributed by atoms with van der Waals surface area (Å²) in [6, 6.07) is 0.914. The summed E-state index contributed by atoms with van der Waals surface area (Å²) in [5.41, 5.74) is -0.327. The molecule has 16 heavy (non-hydrogen) atoms. The number of esters is 1. The fourth-order valence-corrected chi connectivity index (χ4v) is 1.70. The Morgan fingerprint density at radius 2 is 2.31 bits per heavy atom. The second kappa shape index (κ2) is 5.37. The van der Waals surface area contributed by atoms with Crippen LogP contribution in [0.15, 0.2) is 6.07 Å². The van der Waals surface area contributed by atoms with Crippen molar-refractivity contribution in [1.82, 2.24) is 4.98 Å². The van der Waals surface area contributed by atoms with Gasteiger partial charge in [0.25, 0.3) is 6.43 Å². The third-order valence-electron chi connectivity index (χ3n) is 1.83. The number of hydrogen-bond acceptors (Lipinski definition) is 4. The van der Waals surface area contributed by atoms with Crippen molar-refractivity contribution in [2.45, 2.75) is 12.8 Å². The van der Waals surface area contributed by atoms with Crippen LogP contribution in [0.25, 0.3) is 0 Å². The molecule has 0 aliphatic rings. The molecule has 1 aromatic heterocycles. The molecule has 1 N–H and O–H groups in total. The highest BCUT2D eigenvalue weighted by molar-refractivity contribution is 14.1. The van der Waals surface area contributed by atoms with E-state index in [9.17, 15) is 18.7 Å². The van der Waals surface area contributed by atoms with Gasteiger partial charge in [0.05, 0.1) is 24.8 Å². The molecule has 0 saturated heterocycles. The largest absolute Gasteiger partial charge is 0.506 e. The van der Waals surface area contributed by atoms with E-state index in [4.69, 9.17) is 0 Å². The zero-order chi connectivity index (χ0) is 12.3. The Balaban J connectivity index is 3.05. The predicted octanol–water partition coefficient (Wildman–Crippen LogP) is 2.04. The second-order valence-electron chi connectivity index (χ2n) is 2.89. The first-order valence-corrected chi connectivity index (χ1v) is 5.26. The first kappa shape index (κ1) is 13.1. The highest BCUT2D eigenvalue weighted by Crippen LogP contribution is 2.28. The molecule has 0 radical (unpaired) electrons. The Bertz CT molecular complexity index is 412. The zero-order valence-corrected chi connectivity index (χ0v) is 10.4. The quantitative estimate of drug-likeness (QED) is 0.519. The van der Waals surface area contributed by atoms with E-state index in [-0.39, 0.29) is 21.4 Å². The minimum Gasteiger partial charge on any atom is -0.506 e. The third kappa shape index (κ3) is 3.00. The van der Waals surface area contributed by atoms with Crippen molar-refractivity contribution in [2.24, 2.45) is 0 Å². The molecule has 0 atom stereocenters. The zero-order valence-electron chi connectivity index (χ0n) is 8.21. The number of methoxy groups -OCH3 is 1. The van der Waals surface area contributed by atoms with Crippen LogP contribution in [0.3, 0.4) is 0 Å². The minimum absolute atomic E-state index is 0.0284. The molecule has 0 saturated carbocycles. The number of hydrogen-bond donors (Lipinski definition) is 1. The lowest BCUT2D eigenvalue weighted by Crippen LogP contribution is -2.08. The number of ether oxygens (including phenoxy) is 1. The summed E-state index contributed by atoms with van der Waals surface area (Å²) < 4.78 is 29.3. The lowest BCUT2D eigenvalue weighted by atomic mass is 10.2. The van der Waals surface area contributed by atoms with Crippen LogP contribution < -0.4 is 0 Å². The van der Waals surface area contributed by atoms with Gasteiger partial charge in [-0.15, -0.1) is 0 Å². The molecule has 0 aliphatic carbocycles. The summed E-state index contributed by atoms with van der Waals surface area (Å²) in [7, 11) is 1.19. The number of carbonyl (C=O) groups excluding carboxylic acids is 1. The van der Waals surface area contributed by atoms with Crippen molar-refractivity contribution in [3.63, 3.8) is 0 Å². The van der Waals surface area contributed by atoms with Gasteiger partial charge in [-0.05, 0) is 28.7 Å². The number of alkyl halides is 2. The lowest BCUT2D eigenvalue weighted by molar-refractivity contribution is -0.139. The molecule has 0 fully saturated rings. The smallest absolute Gasteiger partial charge is 0.311 e. The number of halogens is 3. The van der Waals surface area contributed by atoms with Crippen LogP contribution in [-0.2, 0) is 16.0 Å². The number of nitrogens with zero attached hydrogens (tertiary/aromatic N) is 1. The van der Waals surface area contributed by atoms with Gasteiger partial charge in [0.2, 0.25) is 0 Å². The topological polar surface area (TPSA) is 59.4 Å². The first-order valence-electron chi connectivity index (χ1n) is 4.19. The summed E-state index contributed by atoms with van der Waals surface area (Å²) >= 11 is 1.62. The maximum atomic E-state index is 12.4. The van der Waals surface area contributed by atoms with E-state index >= 15 is 0 Å². The summed E-state index contributed by atoms with van der Waals surface area (Å²) in [6.45, 7) is 0. The van der Waals surface area contributed by atoms with Crippen LogP contribution >= 0.6 is 22.6 Å². The monoisotopic (exact) mass is 343 g/mol. The Morgan fingerprint density at radius 1 is 1.69 bits per heavy atom.